The van der Waals surface area contributed by atoms with Crippen LogP contribution in [0.3, 0.4) is 0 Å². The monoisotopic (exact) mass is 191 g/mol. The molecule has 0 aromatic heterocycles. The summed E-state index contributed by atoms with van der Waals surface area (Å²) in [6, 6.07) is 0. The van der Waals surface area contributed by atoms with Crippen LogP contribution >= 0.6 is 11.1 Å². The highest BCUT2D eigenvalue weighted by Gasteiger charge is 2.15. The van der Waals surface area contributed by atoms with Crippen molar-refractivity contribution in [3.8, 4) is 0 Å². The van der Waals surface area contributed by atoms with Crippen LogP contribution in [0, 0.1) is 5.41 Å². The minimum Gasteiger partial charge on any atom is -0.298 e. The summed E-state index contributed by atoms with van der Waals surface area (Å²) in [6.45, 7) is 6.80. The molecule has 0 aliphatic heterocycles. The Balaban J connectivity index is 3.61. The number of rotatable bonds is 4. The maximum Gasteiger partial charge on any atom is 0.147 e. The Labute approximate surface area is 78.6 Å². The molecule has 0 unspecified atom stereocenters. The Morgan fingerprint density at radius 2 is 1.83 bits per heavy atom. The van der Waals surface area contributed by atoms with Crippen LogP contribution in [0.15, 0.2) is 0 Å². The molecule has 3 heteroatoms. The summed E-state index contributed by atoms with van der Waals surface area (Å²) in [7, 11) is 0. The number of hydrogen-bond acceptors (Lipinski definition) is 2. The van der Waals surface area contributed by atoms with Gasteiger partial charge in [-0.15, -0.1) is 0 Å². The Morgan fingerprint density at radius 3 is 2.17 bits per heavy atom. The van der Waals surface area contributed by atoms with E-state index in [9.17, 15) is 4.79 Å². The number of ketones is 1. The Morgan fingerprint density at radius 1 is 1.33 bits per heavy atom. The van der Waals surface area contributed by atoms with Crippen LogP contribution in [-0.4, -0.2) is 24.8 Å². The van der Waals surface area contributed by atoms with Crippen LogP contribution in [0.2, 0.25) is 0 Å². The van der Waals surface area contributed by atoms with E-state index in [1.54, 1.807) is 0 Å². The SMILES string of the molecule is C[SH](C)NCC(=O)CC(C)(C)C. The van der Waals surface area contributed by atoms with Crippen molar-refractivity contribution in [3.63, 3.8) is 0 Å². The lowest BCUT2D eigenvalue weighted by Crippen LogP contribution is -2.23. The molecule has 0 spiro atoms. The van der Waals surface area contributed by atoms with Gasteiger partial charge in [-0.3, -0.25) is 9.52 Å². The first-order valence-electron chi connectivity index (χ1n) is 4.24. The molecule has 12 heavy (non-hydrogen) atoms. The van der Waals surface area contributed by atoms with Gasteiger partial charge in [-0.1, -0.05) is 20.8 Å². The molecule has 0 heterocycles. The van der Waals surface area contributed by atoms with Gasteiger partial charge in [0.15, 0.2) is 0 Å². The summed E-state index contributed by atoms with van der Waals surface area (Å²) in [5, 5.41) is 0. The second-order valence-corrected chi connectivity index (χ2v) is 6.61. The fourth-order valence-electron chi connectivity index (χ4n) is 0.900. The van der Waals surface area contributed by atoms with Crippen LogP contribution in [0.25, 0.3) is 0 Å². The molecule has 0 radical (unpaired) electrons. The molecule has 2 nitrogen and oxygen atoms in total. The van der Waals surface area contributed by atoms with E-state index in [0.717, 1.165) is 0 Å². The highest BCUT2D eigenvalue weighted by Crippen LogP contribution is 2.18. The fourth-order valence-corrected chi connectivity index (χ4v) is 1.39. The molecule has 0 rings (SSSR count). The van der Waals surface area contributed by atoms with E-state index < -0.39 is 0 Å². The minimum absolute atomic E-state index is 0.128. The van der Waals surface area contributed by atoms with E-state index in [1.807, 2.05) is 0 Å². The first-order valence-corrected chi connectivity index (χ1v) is 6.47. The Hall–Kier alpha value is -0.0200. The van der Waals surface area contributed by atoms with Crippen molar-refractivity contribution in [2.75, 3.05) is 19.1 Å². The summed E-state index contributed by atoms with van der Waals surface area (Å²) in [6.07, 6.45) is 4.89. The van der Waals surface area contributed by atoms with Crippen LogP contribution in [0.5, 0.6) is 0 Å². The van der Waals surface area contributed by atoms with Gasteiger partial charge in [0.2, 0.25) is 0 Å². The van der Waals surface area contributed by atoms with Crippen molar-refractivity contribution >= 4 is 16.9 Å². The van der Waals surface area contributed by atoms with Crippen molar-refractivity contribution in [1.82, 2.24) is 4.72 Å². The zero-order valence-corrected chi connectivity index (χ0v) is 9.66. The molecule has 0 saturated heterocycles. The van der Waals surface area contributed by atoms with Gasteiger partial charge >= 0.3 is 0 Å². The number of thiol groups is 1. The summed E-state index contributed by atoms with van der Waals surface area (Å²) in [5.41, 5.74) is 0.128. The van der Waals surface area contributed by atoms with Gasteiger partial charge in [-0.25, -0.2) is 11.1 Å². The molecule has 0 bridgehead atoms. The van der Waals surface area contributed by atoms with Crippen molar-refractivity contribution in [2.45, 2.75) is 27.2 Å². The Kier molecular flexibility index (Phi) is 4.87. The number of nitrogens with one attached hydrogen (secondary N) is 1. The van der Waals surface area contributed by atoms with Crippen molar-refractivity contribution < 1.29 is 4.79 Å². The topological polar surface area (TPSA) is 29.1 Å². The molecule has 1 N–H and O–H groups in total. The van der Waals surface area contributed by atoms with Gasteiger partial charge < -0.3 is 0 Å². The number of carbonyl (C=O) groups is 1. The zero-order valence-electron chi connectivity index (χ0n) is 8.77. The highest BCUT2D eigenvalue weighted by molar-refractivity contribution is 8.14. The fraction of sp³-hybridized carbons (Fsp3) is 0.889. The molecular weight excluding hydrogens is 170 g/mol. The third-order valence-electron chi connectivity index (χ3n) is 1.32. The molecule has 0 atom stereocenters. The number of Topliss-reactive ketones (excluding diaryl/α,β-unsaturated/α-hetero) is 1. The Bertz CT molecular complexity index is 149. The molecule has 0 aromatic rings. The largest absolute Gasteiger partial charge is 0.298 e. The maximum atomic E-state index is 11.3. The second-order valence-electron chi connectivity index (χ2n) is 4.51. The van der Waals surface area contributed by atoms with E-state index >= 15 is 0 Å². The molecule has 0 saturated carbocycles. The predicted octanol–water partition coefficient (Wildman–Crippen LogP) is 1.76. The lowest BCUT2D eigenvalue weighted by atomic mass is 9.90. The van der Waals surface area contributed by atoms with Gasteiger partial charge in [-0.2, -0.15) is 0 Å². The van der Waals surface area contributed by atoms with Gasteiger partial charge in [-0.05, 0) is 17.9 Å². The lowest BCUT2D eigenvalue weighted by Gasteiger charge is -2.18. The van der Waals surface area contributed by atoms with Crippen molar-refractivity contribution in [3.05, 3.63) is 0 Å². The molecule has 74 valence electrons. The highest BCUT2D eigenvalue weighted by atomic mass is 32.2. The summed E-state index contributed by atoms with van der Waals surface area (Å²) in [4.78, 5) is 11.3. The van der Waals surface area contributed by atoms with Gasteiger partial charge in [0, 0.05) is 6.42 Å². The van der Waals surface area contributed by atoms with E-state index in [2.05, 4.69) is 38.0 Å². The first-order chi connectivity index (χ1) is 5.31. The minimum atomic E-state index is -0.145. The normalized spacial score (nSPS) is 12.9. The van der Waals surface area contributed by atoms with Gasteiger partial charge in [0.1, 0.15) is 5.78 Å². The third-order valence-corrected chi connectivity index (χ3v) is 2.11. The van der Waals surface area contributed by atoms with Crippen LogP contribution in [0.4, 0.5) is 0 Å². The summed E-state index contributed by atoms with van der Waals surface area (Å²) >= 11 is -0.145. The number of hydrogen-bond donors (Lipinski definition) is 2. The van der Waals surface area contributed by atoms with E-state index in [-0.39, 0.29) is 16.5 Å². The summed E-state index contributed by atoms with van der Waals surface area (Å²) in [5.74, 6) is 0.318. The zero-order chi connectivity index (χ0) is 9.78. The predicted molar refractivity (Wildman–Crippen MR) is 57.9 cm³/mol. The third kappa shape index (κ3) is 8.08. The second kappa shape index (κ2) is 4.87. The van der Waals surface area contributed by atoms with E-state index in [0.29, 0.717) is 18.7 Å². The average molecular weight is 191 g/mol. The summed E-state index contributed by atoms with van der Waals surface area (Å²) < 4.78 is 3.18. The smallest absolute Gasteiger partial charge is 0.147 e. The van der Waals surface area contributed by atoms with Crippen LogP contribution in [-0.2, 0) is 4.79 Å². The van der Waals surface area contributed by atoms with E-state index in [1.165, 1.54) is 0 Å². The quantitative estimate of drug-likeness (QED) is 0.663. The molecule has 0 aliphatic carbocycles. The van der Waals surface area contributed by atoms with E-state index in [4.69, 9.17) is 0 Å². The molecule has 0 aromatic carbocycles. The molecule has 0 amide bonds. The standard InChI is InChI=1S/C9H21NOS/c1-9(2,3)6-8(11)7-10-12(4)5/h10,12H,6-7H2,1-5H3. The van der Waals surface area contributed by atoms with Crippen LogP contribution < -0.4 is 4.72 Å². The van der Waals surface area contributed by atoms with Gasteiger partial charge in [0.05, 0.1) is 6.54 Å². The first kappa shape index (κ1) is 12.0. The van der Waals surface area contributed by atoms with Gasteiger partial charge in [0.25, 0.3) is 0 Å². The maximum absolute atomic E-state index is 11.3. The molecule has 0 fully saturated rings. The lowest BCUT2D eigenvalue weighted by molar-refractivity contribution is -0.119. The average Bonchev–Trinajstić information content (AvgIpc) is 1.79. The van der Waals surface area contributed by atoms with Crippen molar-refractivity contribution in [1.29, 1.82) is 0 Å². The molecule has 0 aliphatic rings. The van der Waals surface area contributed by atoms with Crippen molar-refractivity contribution in [2.24, 2.45) is 5.41 Å². The number of carbonyl (C=O) groups excluding carboxylic acids is 1. The molecular formula is C9H21NOS. The van der Waals surface area contributed by atoms with Crippen LogP contribution in [0.1, 0.15) is 27.2 Å².